The molecule has 0 aliphatic heterocycles. The quantitative estimate of drug-likeness (QED) is 0.463. The van der Waals surface area contributed by atoms with Crippen molar-refractivity contribution < 1.29 is 4.79 Å². The first-order valence-corrected chi connectivity index (χ1v) is 10.6. The first kappa shape index (κ1) is 21.6. The van der Waals surface area contributed by atoms with Gasteiger partial charge in [-0.3, -0.25) is 9.78 Å². The van der Waals surface area contributed by atoms with Gasteiger partial charge in [-0.1, -0.05) is 6.07 Å². The molecule has 0 bridgehead atoms. The molecule has 0 radical (unpaired) electrons. The van der Waals surface area contributed by atoms with Crippen molar-refractivity contribution in [2.75, 3.05) is 20.6 Å². The van der Waals surface area contributed by atoms with Crippen LogP contribution in [0, 0.1) is 13.8 Å². The molecule has 2 aromatic heterocycles. The van der Waals surface area contributed by atoms with Crippen molar-refractivity contribution in [2.45, 2.75) is 27.2 Å². The van der Waals surface area contributed by atoms with Gasteiger partial charge in [-0.15, -0.1) is 11.3 Å². The number of benzene rings is 1. The summed E-state index contributed by atoms with van der Waals surface area (Å²) in [6, 6.07) is 4.31. The van der Waals surface area contributed by atoms with Gasteiger partial charge in [-0.05, 0) is 43.5 Å². The number of aliphatic imine (C=N–C) groups is 1. The molecule has 0 spiro atoms. The van der Waals surface area contributed by atoms with E-state index in [0.29, 0.717) is 5.69 Å². The van der Waals surface area contributed by atoms with Crippen molar-refractivity contribution in [1.29, 1.82) is 0 Å². The second-order valence-electron chi connectivity index (χ2n) is 7.05. The fraction of sp³-hybridized carbons (Fsp3) is 0.318. The Kier molecular flexibility index (Phi) is 6.89. The summed E-state index contributed by atoms with van der Waals surface area (Å²) in [6.45, 7) is 7.20. The van der Waals surface area contributed by atoms with Crippen LogP contribution in [0.2, 0.25) is 0 Å². The van der Waals surface area contributed by atoms with Gasteiger partial charge in [-0.2, -0.15) is 0 Å². The average molecular weight is 423 g/mol. The lowest BCUT2D eigenvalue weighted by Crippen LogP contribution is -2.19. The Balaban J connectivity index is 1.76. The molecule has 0 aliphatic carbocycles. The standard InChI is InChI=1S/C22H26N6OS/c1-6-28(5)13-26-17-8-14(2)16(7-15(17)3)9-21-27-20(12-30-21)18-10-25-19(11-24-18)22(29)23-4/h7-8,10-13H,6,9H2,1-5H3,(H,23,29)/b26-13+. The Labute approximate surface area is 180 Å². The van der Waals surface area contributed by atoms with Gasteiger partial charge in [0.2, 0.25) is 0 Å². The van der Waals surface area contributed by atoms with Crippen LogP contribution in [0.15, 0.2) is 34.9 Å². The fourth-order valence-corrected chi connectivity index (χ4v) is 3.62. The molecule has 3 rings (SSSR count). The monoisotopic (exact) mass is 422 g/mol. The lowest BCUT2D eigenvalue weighted by Gasteiger charge is -2.11. The van der Waals surface area contributed by atoms with Gasteiger partial charge in [-0.25, -0.2) is 15.0 Å². The van der Waals surface area contributed by atoms with Crippen molar-refractivity contribution in [3.8, 4) is 11.4 Å². The molecule has 30 heavy (non-hydrogen) atoms. The van der Waals surface area contributed by atoms with Crippen LogP contribution in [-0.4, -0.2) is 52.7 Å². The Hall–Kier alpha value is -3.13. The molecule has 0 fully saturated rings. The molecule has 7 nitrogen and oxygen atoms in total. The summed E-state index contributed by atoms with van der Waals surface area (Å²) in [5, 5.41) is 5.51. The van der Waals surface area contributed by atoms with Crippen molar-refractivity contribution in [3.63, 3.8) is 0 Å². The van der Waals surface area contributed by atoms with E-state index in [-0.39, 0.29) is 11.6 Å². The highest BCUT2D eigenvalue weighted by atomic mass is 32.1. The van der Waals surface area contributed by atoms with Crippen molar-refractivity contribution in [2.24, 2.45) is 4.99 Å². The van der Waals surface area contributed by atoms with Crippen LogP contribution in [0.4, 0.5) is 5.69 Å². The normalized spacial score (nSPS) is 11.1. The number of nitrogens with one attached hydrogen (secondary N) is 1. The number of hydrogen-bond donors (Lipinski definition) is 1. The first-order chi connectivity index (χ1) is 14.4. The molecule has 8 heteroatoms. The molecule has 0 unspecified atom stereocenters. The maximum absolute atomic E-state index is 11.6. The summed E-state index contributed by atoms with van der Waals surface area (Å²) < 4.78 is 0. The van der Waals surface area contributed by atoms with Crippen LogP contribution < -0.4 is 5.32 Å². The van der Waals surface area contributed by atoms with E-state index in [1.54, 1.807) is 24.6 Å². The third kappa shape index (κ3) is 5.07. The summed E-state index contributed by atoms with van der Waals surface area (Å²) >= 11 is 1.60. The maximum Gasteiger partial charge on any atom is 0.271 e. The van der Waals surface area contributed by atoms with Crippen LogP contribution in [0.25, 0.3) is 11.4 Å². The van der Waals surface area contributed by atoms with E-state index in [1.165, 1.54) is 17.3 Å². The van der Waals surface area contributed by atoms with Crippen LogP contribution in [0.3, 0.4) is 0 Å². The van der Waals surface area contributed by atoms with E-state index >= 15 is 0 Å². The molecule has 0 saturated carbocycles. The number of aromatic nitrogens is 3. The highest BCUT2D eigenvalue weighted by molar-refractivity contribution is 7.10. The molecule has 2 heterocycles. The number of nitrogens with zero attached hydrogens (tertiary/aromatic N) is 5. The zero-order chi connectivity index (χ0) is 21.7. The molecule has 1 aromatic carbocycles. The molecule has 0 atom stereocenters. The predicted octanol–water partition coefficient (Wildman–Crippen LogP) is 3.78. The van der Waals surface area contributed by atoms with Crippen LogP contribution >= 0.6 is 11.3 Å². The second kappa shape index (κ2) is 9.58. The molecule has 156 valence electrons. The Morgan fingerprint density at radius 2 is 2.00 bits per heavy atom. The van der Waals surface area contributed by atoms with Crippen molar-refractivity contribution >= 4 is 29.3 Å². The molecule has 0 aliphatic rings. The third-order valence-corrected chi connectivity index (χ3v) is 5.66. The van der Waals surface area contributed by atoms with Crippen LogP contribution in [0.5, 0.6) is 0 Å². The number of carbonyl (C=O) groups excluding carboxylic acids is 1. The number of carbonyl (C=O) groups is 1. The minimum Gasteiger partial charge on any atom is -0.366 e. The van der Waals surface area contributed by atoms with Gasteiger partial charge in [0.25, 0.3) is 5.91 Å². The molecule has 1 amide bonds. The molecule has 0 saturated heterocycles. The Bertz CT molecular complexity index is 1060. The second-order valence-corrected chi connectivity index (χ2v) is 7.99. The van der Waals surface area contributed by atoms with Gasteiger partial charge in [0.15, 0.2) is 0 Å². The molecular formula is C22H26N6OS. The van der Waals surface area contributed by atoms with E-state index in [1.807, 2.05) is 23.7 Å². The van der Waals surface area contributed by atoms with Crippen LogP contribution in [-0.2, 0) is 6.42 Å². The van der Waals surface area contributed by atoms with E-state index < -0.39 is 0 Å². The summed E-state index contributed by atoms with van der Waals surface area (Å²) in [5.74, 6) is -0.256. The minimum absolute atomic E-state index is 0.256. The molecule has 1 N–H and O–H groups in total. The Morgan fingerprint density at radius 1 is 1.20 bits per heavy atom. The van der Waals surface area contributed by atoms with Gasteiger partial charge in [0.05, 0.1) is 29.4 Å². The molecule has 3 aromatic rings. The van der Waals surface area contributed by atoms with E-state index in [2.05, 4.69) is 53.2 Å². The van der Waals surface area contributed by atoms with Gasteiger partial charge in [0.1, 0.15) is 17.1 Å². The van der Waals surface area contributed by atoms with Crippen molar-refractivity contribution in [3.05, 3.63) is 57.3 Å². The fourth-order valence-electron chi connectivity index (χ4n) is 2.81. The number of aryl methyl sites for hydroxylation is 2. The summed E-state index contributed by atoms with van der Waals surface area (Å²) in [7, 11) is 3.58. The van der Waals surface area contributed by atoms with E-state index in [0.717, 1.165) is 34.9 Å². The van der Waals surface area contributed by atoms with Gasteiger partial charge >= 0.3 is 0 Å². The SMILES string of the molecule is CCN(C)/C=N/c1cc(C)c(Cc2nc(-c3cnc(C(=O)NC)cn3)cs2)cc1C. The summed E-state index contributed by atoms with van der Waals surface area (Å²) in [4.78, 5) is 31.4. The lowest BCUT2D eigenvalue weighted by molar-refractivity contribution is 0.0958. The zero-order valence-electron chi connectivity index (χ0n) is 17.9. The van der Waals surface area contributed by atoms with E-state index in [4.69, 9.17) is 4.98 Å². The highest BCUT2D eigenvalue weighted by Crippen LogP contribution is 2.27. The highest BCUT2D eigenvalue weighted by Gasteiger charge is 2.11. The maximum atomic E-state index is 11.6. The number of hydrogen-bond acceptors (Lipinski definition) is 6. The third-order valence-electron chi connectivity index (χ3n) is 4.81. The smallest absolute Gasteiger partial charge is 0.271 e. The zero-order valence-corrected chi connectivity index (χ0v) is 18.7. The first-order valence-electron chi connectivity index (χ1n) is 9.74. The number of thiazole rings is 1. The van der Waals surface area contributed by atoms with Crippen molar-refractivity contribution in [1.82, 2.24) is 25.2 Å². The van der Waals surface area contributed by atoms with E-state index in [9.17, 15) is 4.79 Å². The lowest BCUT2D eigenvalue weighted by atomic mass is 10.0. The topological polar surface area (TPSA) is 83.4 Å². The summed E-state index contributed by atoms with van der Waals surface area (Å²) in [6.07, 6.45) is 5.67. The average Bonchev–Trinajstić information content (AvgIpc) is 3.22. The predicted molar refractivity (Wildman–Crippen MR) is 122 cm³/mol. The summed E-state index contributed by atoms with van der Waals surface area (Å²) in [5.41, 5.74) is 6.27. The molecular weight excluding hydrogens is 396 g/mol. The largest absolute Gasteiger partial charge is 0.366 e. The van der Waals surface area contributed by atoms with Crippen LogP contribution in [0.1, 0.15) is 39.1 Å². The number of amides is 1. The van der Waals surface area contributed by atoms with Gasteiger partial charge in [0, 0.05) is 32.4 Å². The Morgan fingerprint density at radius 3 is 2.67 bits per heavy atom. The number of rotatable bonds is 7. The minimum atomic E-state index is -0.256. The van der Waals surface area contributed by atoms with Gasteiger partial charge < -0.3 is 10.2 Å².